The Morgan fingerprint density at radius 2 is 1.01 bits per heavy atom. The molecule has 5 N–H and O–H groups in total. The number of unbranched alkanes of at least 4 members (excludes halogenated alkanes) is 1. The molecule has 8 aromatic rings. The van der Waals surface area contributed by atoms with E-state index in [2.05, 4.69) is 113 Å². The lowest BCUT2D eigenvalue weighted by atomic mass is 9.89. The zero-order valence-electron chi connectivity index (χ0n) is 43.6. The van der Waals surface area contributed by atoms with E-state index < -0.39 is 0 Å². The molecule has 0 spiro atoms. The van der Waals surface area contributed by atoms with Crippen molar-refractivity contribution in [3.63, 3.8) is 0 Å². The number of aromatic amines is 2. The van der Waals surface area contributed by atoms with Crippen molar-refractivity contribution in [3.8, 4) is 0 Å². The minimum atomic E-state index is 0.0962. The molecule has 5 aromatic heterocycles. The van der Waals surface area contributed by atoms with Crippen molar-refractivity contribution in [3.05, 3.63) is 240 Å². The molecule has 0 radical (unpaired) electrons. The van der Waals surface area contributed by atoms with Gasteiger partial charge >= 0.3 is 0 Å². The fourth-order valence-electron chi connectivity index (χ4n) is 11.3. The minimum Gasteiger partial charge on any atom is -0.348 e. The predicted molar refractivity (Wildman–Crippen MR) is 313 cm³/mol. The number of allylic oxidation sites excluding steroid dienone is 2. The lowest BCUT2D eigenvalue weighted by Crippen LogP contribution is -2.26. The summed E-state index contributed by atoms with van der Waals surface area (Å²) in [6, 6.07) is 31.7. The Hall–Kier alpha value is -6.31. The van der Waals surface area contributed by atoms with Crippen LogP contribution in [0.25, 0.3) is 0 Å². The van der Waals surface area contributed by atoms with Gasteiger partial charge in [0.15, 0.2) is 0 Å². The second-order valence-electron chi connectivity index (χ2n) is 20.2. The third-order valence-corrected chi connectivity index (χ3v) is 15.9. The summed E-state index contributed by atoms with van der Waals surface area (Å²) in [4.78, 5) is 33.0. The lowest BCUT2D eigenvalue weighted by Gasteiger charge is -2.21. The molecule has 0 saturated carbocycles. The Bertz CT molecular complexity index is 3230. The van der Waals surface area contributed by atoms with Gasteiger partial charge in [-0.1, -0.05) is 77.3 Å². The van der Waals surface area contributed by atoms with Gasteiger partial charge in [0, 0.05) is 94.7 Å². The summed E-state index contributed by atoms with van der Waals surface area (Å²) in [5.41, 5.74) is 19.1. The van der Waals surface area contributed by atoms with Crippen LogP contribution in [0.5, 0.6) is 0 Å². The highest BCUT2D eigenvalue weighted by Crippen LogP contribution is 2.37. The number of benzene rings is 3. The molecular weight excluding hydrogens is 1020 g/mol. The normalized spacial score (nSPS) is 16.8. The summed E-state index contributed by atoms with van der Waals surface area (Å²) in [6.45, 7) is 3.83. The quantitative estimate of drug-likeness (QED) is 0.0567. The number of hydrogen-bond acceptors (Lipinski definition) is 9. The number of nitrogens with zero attached hydrogens (tertiary/aromatic N) is 6. The number of hydrogen-bond donors (Lipinski definition) is 5. The van der Waals surface area contributed by atoms with Gasteiger partial charge in [0.2, 0.25) is 0 Å². The van der Waals surface area contributed by atoms with Gasteiger partial charge in [-0.3, -0.25) is 19.9 Å². The molecule has 396 valence electrons. The van der Waals surface area contributed by atoms with E-state index in [0.717, 1.165) is 148 Å². The van der Waals surface area contributed by atoms with Crippen molar-refractivity contribution in [2.75, 3.05) is 26.2 Å². The number of fused-ring (bicyclic) bond motifs is 6. The Kier molecular flexibility index (Phi) is 19.2. The van der Waals surface area contributed by atoms with Gasteiger partial charge in [0.1, 0.15) is 0 Å². The highest BCUT2D eigenvalue weighted by atomic mass is 35.5. The van der Waals surface area contributed by atoms with Crippen LogP contribution >= 0.6 is 34.8 Å². The third kappa shape index (κ3) is 14.4. The first-order valence-corrected chi connectivity index (χ1v) is 28.6. The second-order valence-corrected chi connectivity index (χ2v) is 21.6. The van der Waals surface area contributed by atoms with Crippen LogP contribution in [0.15, 0.2) is 151 Å². The highest BCUT2D eigenvalue weighted by Gasteiger charge is 2.27. The van der Waals surface area contributed by atoms with E-state index in [1.54, 1.807) is 12.7 Å². The Morgan fingerprint density at radius 1 is 0.494 bits per heavy atom. The average Bonchev–Trinajstić information content (AvgIpc) is 4.28. The van der Waals surface area contributed by atoms with Crippen LogP contribution in [0.2, 0.25) is 15.1 Å². The fourth-order valence-corrected chi connectivity index (χ4v) is 11.9. The van der Waals surface area contributed by atoms with Crippen LogP contribution in [0.3, 0.4) is 0 Å². The average molecular weight is 1090 g/mol. The first-order chi connectivity index (χ1) is 37.9. The van der Waals surface area contributed by atoms with Gasteiger partial charge < -0.3 is 25.9 Å². The standard InChI is InChI=1S/C23H26ClN3.C21H23ClN4.C19H19ClN4/c24-19-9-10-21-18(16-19)8-7-17-4-1-14-27-23(17)22(21)11-15-25-12-2-5-20-6-3-13-26-20;22-17-8-9-19-16(12-17)7-6-15-4-3-11-24-20(15)21(19)25-10-2-1-5-18-13-23-14-26-18;20-15-5-6-17-14(10-15)4-3-13-2-1-8-22-18(13)19(17)23-9-7-16-11-21-12-24-16/h1,4,6,9-10,13-14,16,22,25H,2-3,5,7-8,11-12,15H2;3-4,8-9,11-14,21,25H,1-2,5-7,10H2,(H,23,26);1-2,5-6,8,10-12,19,23H,3-4,7,9H2,(H,21,24). The topological polar surface area (TPSA) is 144 Å². The smallest absolute Gasteiger partial charge is 0.0921 e. The number of aryl methyl sites for hydroxylation is 7. The third-order valence-electron chi connectivity index (χ3n) is 15.1. The van der Waals surface area contributed by atoms with E-state index in [0.29, 0.717) is 5.92 Å². The molecule has 0 amide bonds. The SMILES string of the molecule is Clc1ccc2c(c1)CCc1cccnc1C2CCNCCCC1=CCC=N1.Clc1ccc2c(c1)CCc1cccnc1C2NCCCCc1cnc[nH]1.Clc1ccc2c(c1)CCc1cccnc1C2NCCc1cnc[nH]1. The van der Waals surface area contributed by atoms with Gasteiger partial charge in [-0.2, -0.15) is 0 Å². The molecule has 3 aliphatic carbocycles. The fraction of sp³-hybridized carbons (Fsp3) is 0.333. The summed E-state index contributed by atoms with van der Waals surface area (Å²) in [6.07, 6.45) is 31.7. The molecular formula is C63H68Cl3N11. The van der Waals surface area contributed by atoms with Gasteiger partial charge in [-0.05, 0) is 201 Å². The number of halogens is 3. The maximum absolute atomic E-state index is 6.26. The maximum atomic E-state index is 6.26. The molecule has 3 unspecified atom stereocenters. The molecule has 11 nitrogen and oxygen atoms in total. The molecule has 14 heteroatoms. The van der Waals surface area contributed by atoms with Crippen LogP contribution in [-0.4, -0.2) is 67.3 Å². The van der Waals surface area contributed by atoms with E-state index in [-0.39, 0.29) is 12.1 Å². The number of H-pyrrole nitrogens is 2. The Morgan fingerprint density at radius 3 is 1.57 bits per heavy atom. The van der Waals surface area contributed by atoms with Crippen LogP contribution in [0, 0.1) is 0 Å². The number of imidazole rings is 2. The van der Waals surface area contributed by atoms with Gasteiger partial charge in [-0.15, -0.1) is 0 Å². The maximum Gasteiger partial charge on any atom is 0.0921 e. The summed E-state index contributed by atoms with van der Waals surface area (Å²) in [5, 5.41) is 13.5. The number of nitrogens with one attached hydrogen (secondary N) is 5. The summed E-state index contributed by atoms with van der Waals surface area (Å²) < 4.78 is 0. The molecule has 1 aliphatic heterocycles. The highest BCUT2D eigenvalue weighted by molar-refractivity contribution is 6.31. The number of pyridine rings is 3. The monoisotopic (exact) mass is 1080 g/mol. The van der Waals surface area contributed by atoms with Crippen molar-refractivity contribution in [2.24, 2.45) is 4.99 Å². The van der Waals surface area contributed by atoms with Crippen molar-refractivity contribution < 1.29 is 0 Å². The Labute approximate surface area is 468 Å². The molecule has 3 aromatic carbocycles. The number of rotatable bonds is 17. The zero-order chi connectivity index (χ0) is 52.6. The van der Waals surface area contributed by atoms with Crippen LogP contribution < -0.4 is 16.0 Å². The molecule has 6 heterocycles. The first kappa shape index (κ1) is 54.1. The summed E-state index contributed by atoms with van der Waals surface area (Å²) in [7, 11) is 0. The van der Waals surface area contributed by atoms with Crippen LogP contribution in [0.4, 0.5) is 0 Å². The largest absolute Gasteiger partial charge is 0.348 e. The molecule has 4 aliphatic rings. The molecule has 0 bridgehead atoms. The van der Waals surface area contributed by atoms with Crippen LogP contribution in [0.1, 0.15) is 135 Å². The molecule has 77 heavy (non-hydrogen) atoms. The Balaban J connectivity index is 0.000000131. The number of aromatic nitrogens is 7. The van der Waals surface area contributed by atoms with Gasteiger partial charge in [-0.25, -0.2) is 9.97 Å². The van der Waals surface area contributed by atoms with Crippen LogP contribution in [-0.2, 0) is 51.4 Å². The van der Waals surface area contributed by atoms with Gasteiger partial charge in [0.05, 0.1) is 41.8 Å². The summed E-state index contributed by atoms with van der Waals surface area (Å²) >= 11 is 18.7. The zero-order valence-corrected chi connectivity index (χ0v) is 45.9. The first-order valence-electron chi connectivity index (χ1n) is 27.4. The molecule has 3 atom stereocenters. The molecule has 12 rings (SSSR count). The minimum absolute atomic E-state index is 0.0962. The number of aliphatic imine (C=N–C) groups is 1. The lowest BCUT2D eigenvalue weighted by molar-refractivity contribution is 0.557. The van der Waals surface area contributed by atoms with Crippen molar-refractivity contribution in [1.82, 2.24) is 50.8 Å². The van der Waals surface area contributed by atoms with Gasteiger partial charge in [0.25, 0.3) is 0 Å². The van der Waals surface area contributed by atoms with E-state index in [4.69, 9.17) is 44.8 Å². The summed E-state index contributed by atoms with van der Waals surface area (Å²) in [5.74, 6) is 0.339. The van der Waals surface area contributed by atoms with E-state index in [9.17, 15) is 0 Å². The predicted octanol–water partition coefficient (Wildman–Crippen LogP) is 12.8. The van der Waals surface area contributed by atoms with E-state index in [1.165, 1.54) is 67.2 Å². The van der Waals surface area contributed by atoms with E-state index >= 15 is 0 Å². The molecule has 0 fully saturated rings. The van der Waals surface area contributed by atoms with Crippen molar-refractivity contribution in [2.45, 2.75) is 108 Å². The second kappa shape index (κ2) is 27.3. The van der Waals surface area contributed by atoms with Crippen molar-refractivity contribution >= 4 is 41.0 Å². The molecule has 0 saturated heterocycles. The van der Waals surface area contributed by atoms with E-state index in [1.807, 2.05) is 67.5 Å². The van der Waals surface area contributed by atoms with Crippen molar-refractivity contribution in [1.29, 1.82) is 0 Å².